The molecule has 2 rings (SSSR count). The van der Waals surface area contributed by atoms with Gasteiger partial charge in [-0.2, -0.15) is 0 Å². The summed E-state index contributed by atoms with van der Waals surface area (Å²) in [6.45, 7) is 3.27. The van der Waals surface area contributed by atoms with Crippen LogP contribution in [0.5, 0.6) is 0 Å². The van der Waals surface area contributed by atoms with Crippen LogP contribution in [0.1, 0.15) is 27.2 Å². The first-order valence-corrected chi connectivity index (χ1v) is 6.17. The highest BCUT2D eigenvalue weighted by Gasteiger charge is 2.06. The van der Waals surface area contributed by atoms with E-state index >= 15 is 0 Å². The lowest BCUT2D eigenvalue weighted by Crippen LogP contribution is -2.18. The van der Waals surface area contributed by atoms with Crippen molar-refractivity contribution in [2.24, 2.45) is 5.73 Å². The summed E-state index contributed by atoms with van der Waals surface area (Å²) in [6.07, 6.45) is 1.85. The predicted molar refractivity (Wildman–Crippen MR) is 74.5 cm³/mol. The van der Waals surface area contributed by atoms with Crippen molar-refractivity contribution in [3.05, 3.63) is 65.0 Å². The molecule has 98 valence electrons. The lowest BCUT2D eigenvalue weighted by atomic mass is 10.1. The van der Waals surface area contributed by atoms with E-state index in [1.54, 1.807) is 6.07 Å². The minimum absolute atomic E-state index is 0.394. The molecule has 4 heteroatoms. The zero-order chi connectivity index (χ0) is 13.7. The van der Waals surface area contributed by atoms with E-state index in [1.807, 2.05) is 43.5 Å². The van der Waals surface area contributed by atoms with E-state index in [1.165, 1.54) is 0 Å². The Labute approximate surface area is 112 Å². The maximum absolute atomic E-state index is 11.3. The molecule has 1 aromatic heterocycles. The molecule has 1 heterocycles. The number of pyridine rings is 1. The van der Waals surface area contributed by atoms with Crippen molar-refractivity contribution in [1.82, 2.24) is 10.3 Å². The van der Waals surface area contributed by atoms with Crippen LogP contribution in [-0.4, -0.2) is 10.9 Å². The van der Waals surface area contributed by atoms with Crippen LogP contribution >= 0.6 is 0 Å². The average Bonchev–Trinajstić information content (AvgIpc) is 2.41. The van der Waals surface area contributed by atoms with E-state index in [0.29, 0.717) is 18.7 Å². The van der Waals surface area contributed by atoms with Crippen molar-refractivity contribution in [1.29, 1.82) is 0 Å². The molecule has 0 saturated carbocycles. The van der Waals surface area contributed by atoms with Crippen molar-refractivity contribution in [2.45, 2.75) is 20.0 Å². The van der Waals surface area contributed by atoms with Crippen LogP contribution in [0.15, 0.2) is 42.6 Å². The molecule has 0 fully saturated rings. The lowest BCUT2D eigenvalue weighted by Gasteiger charge is -2.08. The molecule has 0 unspecified atom stereocenters. The Morgan fingerprint density at radius 2 is 2.00 bits per heavy atom. The van der Waals surface area contributed by atoms with Crippen LogP contribution in [0, 0.1) is 6.92 Å². The SMILES string of the molecule is Cc1ccc(CNCc2ccccc2C(N)=O)cn1. The second-order valence-electron chi connectivity index (χ2n) is 4.43. The summed E-state index contributed by atoms with van der Waals surface area (Å²) in [5.74, 6) is -0.394. The quantitative estimate of drug-likeness (QED) is 0.855. The third-order valence-electron chi connectivity index (χ3n) is 2.90. The Kier molecular flexibility index (Phi) is 4.26. The maximum atomic E-state index is 11.3. The van der Waals surface area contributed by atoms with Gasteiger partial charge in [-0.15, -0.1) is 0 Å². The Hall–Kier alpha value is -2.20. The van der Waals surface area contributed by atoms with Crippen LogP contribution in [0.4, 0.5) is 0 Å². The van der Waals surface area contributed by atoms with Gasteiger partial charge in [0, 0.05) is 30.5 Å². The summed E-state index contributed by atoms with van der Waals surface area (Å²) in [5, 5.41) is 3.28. The smallest absolute Gasteiger partial charge is 0.249 e. The highest BCUT2D eigenvalue weighted by Crippen LogP contribution is 2.08. The normalized spacial score (nSPS) is 10.4. The van der Waals surface area contributed by atoms with Crippen LogP contribution in [0.2, 0.25) is 0 Å². The fourth-order valence-corrected chi connectivity index (χ4v) is 1.86. The molecule has 0 aliphatic carbocycles. The van der Waals surface area contributed by atoms with Gasteiger partial charge >= 0.3 is 0 Å². The van der Waals surface area contributed by atoms with Crippen molar-refractivity contribution in [3.63, 3.8) is 0 Å². The zero-order valence-electron chi connectivity index (χ0n) is 10.9. The summed E-state index contributed by atoms with van der Waals surface area (Å²) in [4.78, 5) is 15.5. The topological polar surface area (TPSA) is 68.0 Å². The number of hydrogen-bond donors (Lipinski definition) is 2. The second kappa shape index (κ2) is 6.11. The van der Waals surface area contributed by atoms with Crippen LogP contribution in [-0.2, 0) is 13.1 Å². The minimum Gasteiger partial charge on any atom is -0.366 e. The number of hydrogen-bond acceptors (Lipinski definition) is 3. The molecule has 0 atom stereocenters. The third kappa shape index (κ3) is 3.63. The molecule has 4 nitrogen and oxygen atoms in total. The second-order valence-corrected chi connectivity index (χ2v) is 4.43. The van der Waals surface area contributed by atoms with Crippen molar-refractivity contribution < 1.29 is 4.79 Å². The van der Waals surface area contributed by atoms with E-state index < -0.39 is 5.91 Å². The highest BCUT2D eigenvalue weighted by molar-refractivity contribution is 5.94. The Morgan fingerprint density at radius 1 is 1.21 bits per heavy atom. The maximum Gasteiger partial charge on any atom is 0.249 e. The fourth-order valence-electron chi connectivity index (χ4n) is 1.86. The molecule has 0 aliphatic rings. The number of primary amides is 1. The largest absolute Gasteiger partial charge is 0.366 e. The van der Waals surface area contributed by atoms with E-state index in [2.05, 4.69) is 10.3 Å². The summed E-state index contributed by atoms with van der Waals surface area (Å²) >= 11 is 0. The summed E-state index contributed by atoms with van der Waals surface area (Å²) in [7, 11) is 0. The summed E-state index contributed by atoms with van der Waals surface area (Å²) in [6, 6.07) is 11.4. The number of carbonyl (C=O) groups excluding carboxylic acids is 1. The monoisotopic (exact) mass is 255 g/mol. The molecule has 1 aromatic carbocycles. The van der Waals surface area contributed by atoms with Gasteiger partial charge in [0.15, 0.2) is 0 Å². The van der Waals surface area contributed by atoms with Gasteiger partial charge in [0.2, 0.25) is 5.91 Å². The van der Waals surface area contributed by atoms with Gasteiger partial charge < -0.3 is 11.1 Å². The number of nitrogens with two attached hydrogens (primary N) is 1. The van der Waals surface area contributed by atoms with Crippen molar-refractivity contribution in [2.75, 3.05) is 0 Å². The number of aromatic nitrogens is 1. The number of nitrogens with one attached hydrogen (secondary N) is 1. The molecule has 1 amide bonds. The molecule has 0 saturated heterocycles. The molecule has 2 aromatic rings. The van der Waals surface area contributed by atoms with Crippen LogP contribution < -0.4 is 11.1 Å². The molecule has 0 aliphatic heterocycles. The fraction of sp³-hybridized carbons (Fsp3) is 0.200. The molecule has 3 N–H and O–H groups in total. The molecule has 0 bridgehead atoms. The molecule has 19 heavy (non-hydrogen) atoms. The van der Waals surface area contributed by atoms with Gasteiger partial charge in [-0.3, -0.25) is 9.78 Å². The van der Waals surface area contributed by atoms with E-state index in [9.17, 15) is 4.79 Å². The van der Waals surface area contributed by atoms with Crippen LogP contribution in [0.3, 0.4) is 0 Å². The number of carbonyl (C=O) groups is 1. The first-order chi connectivity index (χ1) is 9.16. The highest BCUT2D eigenvalue weighted by atomic mass is 16.1. The first kappa shape index (κ1) is 13.2. The molecule has 0 spiro atoms. The van der Waals surface area contributed by atoms with Gasteiger partial charge in [-0.05, 0) is 30.2 Å². The van der Waals surface area contributed by atoms with E-state index in [4.69, 9.17) is 5.73 Å². The van der Waals surface area contributed by atoms with Gasteiger partial charge in [-0.25, -0.2) is 0 Å². The Morgan fingerprint density at radius 3 is 2.68 bits per heavy atom. The minimum atomic E-state index is -0.394. The first-order valence-electron chi connectivity index (χ1n) is 6.17. The van der Waals surface area contributed by atoms with E-state index in [0.717, 1.165) is 16.8 Å². The zero-order valence-corrected chi connectivity index (χ0v) is 10.9. The molecular formula is C15H17N3O. The average molecular weight is 255 g/mol. The third-order valence-corrected chi connectivity index (χ3v) is 2.90. The summed E-state index contributed by atoms with van der Waals surface area (Å²) < 4.78 is 0. The number of amides is 1. The Balaban J connectivity index is 1.96. The van der Waals surface area contributed by atoms with Crippen LogP contribution in [0.25, 0.3) is 0 Å². The lowest BCUT2D eigenvalue weighted by molar-refractivity contribution is 0.0999. The van der Waals surface area contributed by atoms with Crippen molar-refractivity contribution >= 4 is 5.91 Å². The van der Waals surface area contributed by atoms with E-state index in [-0.39, 0.29) is 0 Å². The van der Waals surface area contributed by atoms with Gasteiger partial charge in [0.05, 0.1) is 0 Å². The van der Waals surface area contributed by atoms with Gasteiger partial charge in [0.25, 0.3) is 0 Å². The van der Waals surface area contributed by atoms with Gasteiger partial charge in [0.1, 0.15) is 0 Å². The predicted octanol–water partition coefficient (Wildman–Crippen LogP) is 1.78. The summed E-state index contributed by atoms with van der Waals surface area (Å²) in [5.41, 5.74) is 8.93. The number of nitrogens with zero attached hydrogens (tertiary/aromatic N) is 1. The number of rotatable bonds is 5. The Bertz CT molecular complexity index is 564. The number of aryl methyl sites for hydroxylation is 1. The molecule has 0 radical (unpaired) electrons. The standard InChI is InChI=1S/C15H17N3O/c1-11-6-7-12(9-18-11)8-17-10-13-4-2-3-5-14(13)15(16)19/h2-7,9,17H,8,10H2,1H3,(H2,16,19). The van der Waals surface area contributed by atoms with Crippen molar-refractivity contribution in [3.8, 4) is 0 Å². The molecular weight excluding hydrogens is 238 g/mol. The van der Waals surface area contributed by atoms with Gasteiger partial charge in [-0.1, -0.05) is 24.3 Å². The number of benzene rings is 1.